The lowest BCUT2D eigenvalue weighted by molar-refractivity contribution is 0.0627. The highest BCUT2D eigenvalue weighted by Gasteiger charge is 2.26. The lowest BCUT2D eigenvalue weighted by Gasteiger charge is -2.34. The fourth-order valence-corrected chi connectivity index (χ4v) is 4.27. The monoisotopic (exact) mass is 436 g/mol. The molecule has 8 heteroatoms. The van der Waals surface area contributed by atoms with Gasteiger partial charge in [0.15, 0.2) is 11.5 Å². The van der Waals surface area contributed by atoms with Crippen LogP contribution in [-0.2, 0) is 13.0 Å². The third kappa shape index (κ3) is 3.93. The van der Waals surface area contributed by atoms with Gasteiger partial charge >= 0.3 is 0 Å². The number of ether oxygens (including phenoxy) is 2. The lowest BCUT2D eigenvalue weighted by atomic mass is 10.1. The summed E-state index contributed by atoms with van der Waals surface area (Å²) in [6.45, 7) is 6.00. The zero-order valence-corrected chi connectivity index (χ0v) is 18.0. The maximum absolute atomic E-state index is 13.3. The molecule has 2 aliphatic rings. The summed E-state index contributed by atoms with van der Waals surface area (Å²) < 4.78 is 25.9. The predicted molar refractivity (Wildman–Crippen MR) is 117 cm³/mol. The summed E-state index contributed by atoms with van der Waals surface area (Å²) in [6, 6.07) is 12.2. The number of carbonyl (C=O) groups is 1. The number of halogens is 1. The molecule has 3 heterocycles. The van der Waals surface area contributed by atoms with Gasteiger partial charge in [0.25, 0.3) is 5.91 Å². The second-order valence-electron chi connectivity index (χ2n) is 8.00. The second-order valence-corrected chi connectivity index (χ2v) is 8.00. The average molecular weight is 436 g/mol. The van der Waals surface area contributed by atoms with E-state index in [0.29, 0.717) is 25.1 Å². The van der Waals surface area contributed by atoms with Gasteiger partial charge in [-0.15, -0.1) is 0 Å². The average Bonchev–Trinajstić information content (AvgIpc) is 3.46. The highest BCUT2D eigenvalue weighted by molar-refractivity contribution is 5.95. The molecular weight excluding hydrogens is 411 g/mol. The van der Waals surface area contributed by atoms with Crippen LogP contribution >= 0.6 is 0 Å². The van der Waals surface area contributed by atoms with E-state index in [1.807, 2.05) is 24.0 Å². The molecule has 3 aromatic rings. The molecule has 1 aromatic heterocycles. The SMILES string of the molecule is CCc1c(C(=O)N2CCN(Cc3ccc4c(c3)OCO4)CC2)cnn1-c1ccc(F)cc1. The van der Waals surface area contributed by atoms with E-state index in [0.717, 1.165) is 42.5 Å². The number of piperazine rings is 1. The topological polar surface area (TPSA) is 59.8 Å². The minimum atomic E-state index is -0.297. The van der Waals surface area contributed by atoms with Crippen LogP contribution in [0.15, 0.2) is 48.7 Å². The fraction of sp³-hybridized carbons (Fsp3) is 0.333. The number of carbonyl (C=O) groups excluding carboxylic acids is 1. The summed E-state index contributed by atoms with van der Waals surface area (Å²) in [6.07, 6.45) is 2.28. The first-order valence-electron chi connectivity index (χ1n) is 10.9. The van der Waals surface area contributed by atoms with Crippen molar-refractivity contribution in [1.82, 2.24) is 19.6 Å². The van der Waals surface area contributed by atoms with Crippen molar-refractivity contribution in [2.45, 2.75) is 19.9 Å². The first-order chi connectivity index (χ1) is 15.6. The van der Waals surface area contributed by atoms with Crippen molar-refractivity contribution in [3.63, 3.8) is 0 Å². The Balaban J connectivity index is 1.24. The zero-order valence-electron chi connectivity index (χ0n) is 18.0. The van der Waals surface area contributed by atoms with Crippen LogP contribution in [0, 0.1) is 5.82 Å². The number of aromatic nitrogens is 2. The number of benzene rings is 2. The molecule has 0 spiro atoms. The van der Waals surface area contributed by atoms with Crippen LogP contribution in [0.4, 0.5) is 4.39 Å². The Hall–Kier alpha value is -3.39. The van der Waals surface area contributed by atoms with Gasteiger partial charge in [0, 0.05) is 32.7 Å². The third-order valence-electron chi connectivity index (χ3n) is 6.01. The van der Waals surface area contributed by atoms with Crippen molar-refractivity contribution in [1.29, 1.82) is 0 Å². The maximum atomic E-state index is 13.3. The van der Waals surface area contributed by atoms with Gasteiger partial charge in [-0.2, -0.15) is 5.10 Å². The van der Waals surface area contributed by atoms with Gasteiger partial charge in [-0.25, -0.2) is 9.07 Å². The fourth-order valence-electron chi connectivity index (χ4n) is 4.27. The van der Waals surface area contributed by atoms with E-state index in [1.54, 1.807) is 23.0 Å². The van der Waals surface area contributed by atoms with E-state index in [-0.39, 0.29) is 18.5 Å². The number of hydrogen-bond acceptors (Lipinski definition) is 5. The summed E-state index contributed by atoms with van der Waals surface area (Å²) in [5.41, 5.74) is 3.36. The van der Waals surface area contributed by atoms with E-state index in [2.05, 4.69) is 16.1 Å². The molecule has 0 N–H and O–H groups in total. The van der Waals surface area contributed by atoms with Gasteiger partial charge in [-0.3, -0.25) is 9.69 Å². The molecule has 7 nitrogen and oxygen atoms in total. The molecule has 32 heavy (non-hydrogen) atoms. The largest absolute Gasteiger partial charge is 0.454 e. The lowest BCUT2D eigenvalue weighted by Crippen LogP contribution is -2.48. The summed E-state index contributed by atoms with van der Waals surface area (Å²) in [5.74, 6) is 1.28. The number of amides is 1. The molecule has 0 saturated carbocycles. The maximum Gasteiger partial charge on any atom is 0.257 e. The van der Waals surface area contributed by atoms with E-state index in [4.69, 9.17) is 9.47 Å². The number of fused-ring (bicyclic) bond motifs is 1. The van der Waals surface area contributed by atoms with E-state index in [1.165, 1.54) is 17.7 Å². The molecular formula is C24H25FN4O3. The van der Waals surface area contributed by atoms with E-state index < -0.39 is 0 Å². The Bertz CT molecular complexity index is 1120. The first kappa shape index (κ1) is 20.5. The molecule has 1 fully saturated rings. The number of hydrogen-bond donors (Lipinski definition) is 0. The summed E-state index contributed by atoms with van der Waals surface area (Å²) in [7, 11) is 0. The van der Waals surface area contributed by atoms with Gasteiger partial charge in [-0.05, 0) is 48.4 Å². The van der Waals surface area contributed by atoms with Crippen LogP contribution in [0.3, 0.4) is 0 Å². The van der Waals surface area contributed by atoms with Crippen molar-refractivity contribution >= 4 is 5.91 Å². The Morgan fingerprint density at radius 3 is 2.53 bits per heavy atom. The van der Waals surface area contributed by atoms with E-state index in [9.17, 15) is 9.18 Å². The van der Waals surface area contributed by atoms with Crippen LogP contribution in [0.1, 0.15) is 28.5 Å². The van der Waals surface area contributed by atoms with Crippen LogP contribution < -0.4 is 9.47 Å². The van der Waals surface area contributed by atoms with E-state index >= 15 is 0 Å². The van der Waals surface area contributed by atoms with Crippen LogP contribution in [0.2, 0.25) is 0 Å². The zero-order chi connectivity index (χ0) is 22.1. The molecule has 2 aliphatic heterocycles. The number of nitrogens with zero attached hydrogens (tertiary/aromatic N) is 4. The molecule has 0 aliphatic carbocycles. The van der Waals surface area contributed by atoms with Crippen molar-refractivity contribution in [2.75, 3.05) is 33.0 Å². The van der Waals surface area contributed by atoms with Crippen molar-refractivity contribution in [2.24, 2.45) is 0 Å². The Morgan fingerprint density at radius 1 is 1.03 bits per heavy atom. The highest BCUT2D eigenvalue weighted by atomic mass is 19.1. The molecule has 1 saturated heterocycles. The summed E-state index contributed by atoms with van der Waals surface area (Å²) >= 11 is 0. The Labute approximate surface area is 185 Å². The van der Waals surface area contributed by atoms with Crippen LogP contribution in [0.25, 0.3) is 5.69 Å². The van der Waals surface area contributed by atoms with Crippen molar-refractivity contribution < 1.29 is 18.7 Å². The second kappa shape index (κ2) is 8.63. The Kier molecular flexibility index (Phi) is 5.53. The molecule has 1 amide bonds. The molecule has 0 unspecified atom stereocenters. The molecule has 5 rings (SSSR count). The third-order valence-corrected chi connectivity index (χ3v) is 6.01. The molecule has 0 radical (unpaired) electrons. The predicted octanol–water partition coefficient (Wildman–Crippen LogP) is 3.26. The number of rotatable bonds is 5. The molecule has 0 bridgehead atoms. The van der Waals surface area contributed by atoms with Gasteiger partial charge in [-0.1, -0.05) is 13.0 Å². The minimum absolute atomic E-state index is 0.00191. The smallest absolute Gasteiger partial charge is 0.257 e. The molecule has 0 atom stereocenters. The van der Waals surface area contributed by atoms with Crippen LogP contribution in [-0.4, -0.2) is 58.5 Å². The first-order valence-corrected chi connectivity index (χ1v) is 10.9. The highest BCUT2D eigenvalue weighted by Crippen LogP contribution is 2.33. The standard InChI is InChI=1S/C24H25FN4O3/c1-2-21-20(14-26-29(21)19-6-4-18(25)5-7-19)24(30)28-11-9-27(10-12-28)15-17-3-8-22-23(13-17)32-16-31-22/h3-8,13-14H,2,9-12,15-16H2,1H3. The van der Waals surface area contributed by atoms with Crippen LogP contribution in [0.5, 0.6) is 11.5 Å². The Morgan fingerprint density at radius 2 is 1.78 bits per heavy atom. The van der Waals surface area contributed by atoms with Gasteiger partial charge in [0.1, 0.15) is 5.82 Å². The van der Waals surface area contributed by atoms with Crippen molar-refractivity contribution in [3.8, 4) is 17.2 Å². The van der Waals surface area contributed by atoms with Gasteiger partial charge in [0.05, 0.1) is 23.1 Å². The van der Waals surface area contributed by atoms with Gasteiger partial charge in [0.2, 0.25) is 6.79 Å². The van der Waals surface area contributed by atoms with Gasteiger partial charge < -0.3 is 14.4 Å². The summed E-state index contributed by atoms with van der Waals surface area (Å²) in [5, 5.41) is 4.42. The quantitative estimate of drug-likeness (QED) is 0.615. The molecule has 2 aromatic carbocycles. The summed E-state index contributed by atoms with van der Waals surface area (Å²) in [4.78, 5) is 17.5. The normalized spacial score (nSPS) is 15.9. The minimum Gasteiger partial charge on any atom is -0.454 e. The molecule has 166 valence electrons. The van der Waals surface area contributed by atoms with Crippen molar-refractivity contribution in [3.05, 3.63) is 71.3 Å².